The van der Waals surface area contributed by atoms with Crippen LogP contribution in [0.1, 0.15) is 141 Å². The number of anilines is 2. The third kappa shape index (κ3) is 13.1. The van der Waals surface area contributed by atoms with Crippen molar-refractivity contribution in [3.05, 3.63) is 196 Å². The molecule has 2 unspecified atom stereocenters. The number of hydrogen-bond acceptors (Lipinski definition) is 14. The van der Waals surface area contributed by atoms with Gasteiger partial charge in [-0.1, -0.05) is 106 Å². The minimum Gasteiger partial charge on any atom is -0.347 e. The number of benzene rings is 6. The molecule has 6 aromatic carbocycles. The van der Waals surface area contributed by atoms with Crippen LogP contribution in [0.15, 0.2) is 154 Å². The Hall–Kier alpha value is -6.24. The summed E-state index contributed by atoms with van der Waals surface area (Å²) in [5.74, 6) is 0.343. The summed E-state index contributed by atoms with van der Waals surface area (Å²) in [6.45, 7) is 15.2. The van der Waals surface area contributed by atoms with Crippen molar-refractivity contribution in [2.24, 2.45) is 5.92 Å². The van der Waals surface area contributed by atoms with Crippen LogP contribution in [0.4, 0.5) is 34.1 Å². The van der Waals surface area contributed by atoms with Gasteiger partial charge in [-0.15, -0.1) is 20.5 Å². The molecule has 6 aromatic rings. The number of nitro groups is 2. The fourth-order valence-electron chi connectivity index (χ4n) is 16.0. The van der Waals surface area contributed by atoms with Gasteiger partial charge in [0.15, 0.2) is 24.0 Å². The summed E-state index contributed by atoms with van der Waals surface area (Å²) in [5.41, 5.74) is 13.6. The zero-order valence-electron chi connectivity index (χ0n) is 52.1. The smallest absolute Gasteiger partial charge is 0.283 e. The molecule has 2 saturated carbocycles. The third-order valence-corrected chi connectivity index (χ3v) is 21.1. The van der Waals surface area contributed by atoms with E-state index in [1.807, 2.05) is 24.3 Å². The Labute approximate surface area is 551 Å². The van der Waals surface area contributed by atoms with Crippen LogP contribution in [0.5, 0.6) is 0 Å². The van der Waals surface area contributed by atoms with Gasteiger partial charge >= 0.3 is 0 Å². The van der Waals surface area contributed by atoms with Crippen LogP contribution in [0.25, 0.3) is 21.5 Å². The summed E-state index contributed by atoms with van der Waals surface area (Å²) in [7, 11) is -5.64. The van der Waals surface area contributed by atoms with Gasteiger partial charge in [0, 0.05) is 108 Å². The van der Waals surface area contributed by atoms with E-state index in [1.165, 1.54) is 79.7 Å². The lowest BCUT2D eigenvalue weighted by Crippen LogP contribution is -2.68. The maximum absolute atomic E-state index is 12.3. The molecule has 6 aliphatic rings. The Balaban J connectivity index is 0.000000845. The monoisotopic (exact) mass is 1410 g/mol. The molecule has 2 spiro atoms. The fourth-order valence-corrected chi connectivity index (χ4v) is 16.9. The van der Waals surface area contributed by atoms with Gasteiger partial charge in [-0.3, -0.25) is 20.2 Å². The maximum Gasteiger partial charge on any atom is 0.283 e. The Morgan fingerprint density at radius 3 is 1.40 bits per heavy atom. The Kier molecular flexibility index (Phi) is 19.3. The topological polar surface area (TPSA) is 283 Å². The van der Waals surface area contributed by atoms with E-state index in [1.54, 1.807) is 0 Å². The van der Waals surface area contributed by atoms with E-state index < -0.39 is 20.5 Å². The number of hydrogen-bond donors (Lipinski definition) is 0. The highest BCUT2D eigenvalue weighted by atomic mass is 79.9. The van der Waals surface area contributed by atoms with Crippen LogP contribution in [0, 0.1) is 46.6 Å². The molecular formula is C69H74Br2Cl2N6O12. The molecule has 91 heavy (non-hydrogen) atoms. The van der Waals surface area contributed by atoms with Crippen LogP contribution >= 0.6 is 31.9 Å². The second-order valence-corrected chi connectivity index (χ2v) is 29.3. The van der Waals surface area contributed by atoms with Gasteiger partial charge < -0.3 is 9.80 Å². The number of allylic oxidation sites excluding steroid dienone is 8. The quantitative estimate of drug-likeness (QED) is 0.0630. The average Bonchev–Trinajstić information content (AvgIpc) is 1.61. The molecule has 0 amide bonds. The summed E-state index contributed by atoms with van der Waals surface area (Å²) >= 11 is 7.09. The van der Waals surface area contributed by atoms with Crippen molar-refractivity contribution in [1.82, 2.24) is 0 Å². The molecule has 0 saturated heterocycles. The first-order valence-electron chi connectivity index (χ1n) is 30.6. The summed E-state index contributed by atoms with van der Waals surface area (Å²) < 4.78 is 74.2. The fraction of sp³-hybridized carbons (Fsp3) is 0.391. The molecule has 18 nitrogen and oxygen atoms in total. The van der Waals surface area contributed by atoms with Gasteiger partial charge in [0.1, 0.15) is 0 Å². The predicted molar refractivity (Wildman–Crippen MR) is 339 cm³/mol. The molecule has 22 heteroatoms. The number of fused-ring (bicyclic) bond motifs is 10. The number of rotatable bonds is 12. The Morgan fingerprint density at radius 2 is 0.956 bits per heavy atom. The van der Waals surface area contributed by atoms with E-state index in [9.17, 15) is 20.2 Å². The molecule has 2 atom stereocenters. The molecule has 4 aliphatic heterocycles. The van der Waals surface area contributed by atoms with Gasteiger partial charge in [0.25, 0.3) is 11.4 Å². The van der Waals surface area contributed by atoms with Crippen LogP contribution in [0.3, 0.4) is 0 Å². The van der Waals surface area contributed by atoms with Gasteiger partial charge in [-0.2, -0.15) is 9.15 Å². The van der Waals surface area contributed by atoms with Crippen molar-refractivity contribution in [2.75, 3.05) is 30.4 Å². The minimum absolute atomic E-state index is 0.127. The van der Waals surface area contributed by atoms with E-state index >= 15 is 0 Å². The molecular weight excluding hydrogens is 1340 g/mol. The summed E-state index contributed by atoms with van der Waals surface area (Å²) in [6, 6.07) is 34.6. The van der Waals surface area contributed by atoms with Crippen LogP contribution < -0.4 is 47.1 Å². The largest absolute Gasteiger partial charge is 0.347 e. The Morgan fingerprint density at radius 1 is 0.560 bits per heavy atom. The van der Waals surface area contributed by atoms with Crippen molar-refractivity contribution in [1.29, 1.82) is 0 Å². The zero-order chi connectivity index (χ0) is 65.9. The van der Waals surface area contributed by atoms with Crippen molar-refractivity contribution in [3.63, 3.8) is 0 Å². The number of halogens is 4. The lowest BCUT2D eigenvalue weighted by atomic mass is 9.68. The summed E-state index contributed by atoms with van der Waals surface area (Å²) in [5, 5.41) is 29.6. The third-order valence-electron chi connectivity index (χ3n) is 19.9. The first-order valence-corrected chi connectivity index (χ1v) is 34.7. The summed E-state index contributed by atoms with van der Waals surface area (Å²) in [6.07, 6.45) is 26.5. The molecule has 4 heterocycles. The second-order valence-electron chi connectivity index (χ2n) is 26.0. The highest BCUT2D eigenvalue weighted by Crippen LogP contribution is 2.59. The van der Waals surface area contributed by atoms with Crippen molar-refractivity contribution in [2.45, 2.75) is 146 Å². The minimum atomic E-state index is -4.94. The average molecular weight is 1410 g/mol. The van der Waals surface area contributed by atoms with E-state index in [0.717, 1.165) is 93.3 Å². The van der Waals surface area contributed by atoms with Crippen molar-refractivity contribution in [3.8, 4) is 0 Å². The summed E-state index contributed by atoms with van der Waals surface area (Å²) in [4.78, 5) is 28.6. The molecule has 0 radical (unpaired) electrons. The number of nitro benzene ring substituents is 2. The molecule has 0 bridgehead atoms. The van der Waals surface area contributed by atoms with E-state index in [-0.39, 0.29) is 48.9 Å². The molecule has 480 valence electrons. The highest BCUT2D eigenvalue weighted by Gasteiger charge is 2.52. The predicted octanol–water partition coefficient (Wildman–Crippen LogP) is 8.66. The second kappa shape index (κ2) is 25.9. The first-order chi connectivity index (χ1) is 42.8. The van der Waals surface area contributed by atoms with Crippen molar-refractivity contribution < 1.29 is 76.8 Å². The van der Waals surface area contributed by atoms with E-state index in [2.05, 4.69) is 216 Å². The lowest BCUT2D eigenvalue weighted by molar-refractivity contribution is -2.00. The molecule has 2 fully saturated rings. The van der Waals surface area contributed by atoms with Gasteiger partial charge in [-0.25, -0.2) is 37.3 Å². The van der Waals surface area contributed by atoms with Gasteiger partial charge in [0.2, 0.25) is 11.4 Å². The van der Waals surface area contributed by atoms with Crippen molar-refractivity contribution >= 4 is 99.0 Å². The Bertz CT molecular complexity index is 4060. The molecule has 0 aromatic heterocycles. The number of likely N-dealkylation sites (N-methyl/N-ethyl adjacent to an activating group) is 2. The van der Waals surface area contributed by atoms with Gasteiger partial charge in [0.05, 0.1) is 29.6 Å². The number of nitrogens with zero attached hydrogens (tertiary/aromatic N) is 6. The lowest BCUT2D eigenvalue weighted by Gasteiger charge is -2.36. The SMILES string of the molecule is CC(CCC(C)[N+]1=C(/C=C/C=C2/N(C)c3cc(Br)c([N+](=O)[O-])cc3C23CCCCC3)C(C)(C)c2c1ccc1ccccc21)C[N+]1=C(/C=C/C=C2/N(C)c3cc(Br)c([N+](=O)[O-])cc3C23CCCCC3)C(C)(C)c2c1ccc1ccccc21.[O-][Cl+3]([O-])([O-])[O-].[O-][Cl+3]([O-])([O-])[O-]. The molecule has 12 rings (SSSR count). The maximum atomic E-state index is 12.3. The van der Waals surface area contributed by atoms with Crippen LogP contribution in [-0.2, 0) is 21.7 Å². The van der Waals surface area contributed by atoms with Crippen LogP contribution in [0.2, 0.25) is 0 Å². The zero-order valence-corrected chi connectivity index (χ0v) is 56.8. The van der Waals surface area contributed by atoms with E-state index in [0.29, 0.717) is 14.9 Å². The van der Waals surface area contributed by atoms with Gasteiger partial charge in [-0.05, 0) is 168 Å². The highest BCUT2D eigenvalue weighted by molar-refractivity contribution is 9.11. The standard InChI is InChI=1S/C69H74Br2N6O4.2ClHO4/c1-44(43-74-54-33-31-46-21-11-13-23-48(46)64(54)66(3,4)60(74)25-19-27-62-68(35-15-9-16-36-68)50-39-58(76(78)79)52(70)41-56(50)72(62)7)29-30-45(2)75-55-34-32-47-22-12-14-24-49(47)65(55)67(5,6)61(75)26-20-28-63-69(37-17-10-18-38-69)51-40-59(77(80)81)53(71)42-57(51)73(63)8;2*2-1(3,4)5/h11-14,19-28,31-34,39-42,44-45H,9-10,15-18,29-30,35-38,43H2,1-8H3;2*(H,2,3,4,5)/q+2;;/p-2. The first kappa shape index (κ1) is 67.6. The molecule has 0 N–H and O–H groups in total. The molecule has 2 aliphatic carbocycles. The van der Waals surface area contributed by atoms with E-state index in [4.69, 9.17) is 37.3 Å². The normalized spacial score (nSPS) is 20.2. The van der Waals surface area contributed by atoms with Crippen LogP contribution in [-0.4, -0.2) is 57.1 Å².